The number of alkyl carbamates (subject to hydrolysis) is 1. The zero-order valence-corrected chi connectivity index (χ0v) is 18.4. The maximum Gasteiger partial charge on any atom is 0.408 e. The largest absolute Gasteiger partial charge is 0.445 e. The molecule has 4 atom stereocenters. The first-order chi connectivity index (χ1) is 15.3. The molecule has 0 aliphatic carbocycles. The highest BCUT2D eigenvalue weighted by atomic mass is 32.2. The first kappa shape index (κ1) is 25.0. The molecular weight excluding hydrogens is 434 g/mol. The minimum absolute atomic E-state index is 0.0178. The number of aliphatic hydroxyl groups excluding tert-OH is 1. The highest BCUT2D eigenvalue weighted by Crippen LogP contribution is 2.08. The predicted molar refractivity (Wildman–Crippen MR) is 119 cm³/mol. The third kappa shape index (κ3) is 8.12. The fraction of sp³-hybridized carbons (Fsp3) is 0.318. The van der Waals surface area contributed by atoms with Crippen LogP contribution in [0.2, 0.25) is 0 Å². The van der Waals surface area contributed by atoms with E-state index in [1.807, 2.05) is 6.07 Å². The number of benzene rings is 2. The number of hydrogen-bond donors (Lipinski definition) is 4. The van der Waals surface area contributed by atoms with Crippen molar-refractivity contribution in [2.24, 2.45) is 5.73 Å². The molecule has 0 saturated carbocycles. The molecule has 0 aromatic heterocycles. The number of hydrogen-bond acceptors (Lipinski definition) is 6. The van der Waals surface area contributed by atoms with Gasteiger partial charge < -0.3 is 26.2 Å². The summed E-state index contributed by atoms with van der Waals surface area (Å²) in [4.78, 5) is 37.1. The number of rotatable bonds is 11. The maximum atomic E-state index is 12.6. The fourth-order valence-corrected chi connectivity index (χ4v) is 3.91. The predicted octanol–water partition coefficient (Wildman–Crippen LogP) is 0.830. The molecule has 9 nitrogen and oxygen atoms in total. The van der Waals surface area contributed by atoms with Crippen LogP contribution in [0, 0.1) is 0 Å². The molecule has 0 spiro atoms. The lowest BCUT2D eigenvalue weighted by atomic mass is 10.1. The Morgan fingerprint density at radius 2 is 1.62 bits per heavy atom. The van der Waals surface area contributed by atoms with Crippen molar-refractivity contribution in [2.45, 2.75) is 43.0 Å². The zero-order chi connectivity index (χ0) is 23.5. The fourth-order valence-electron chi connectivity index (χ4n) is 2.76. The van der Waals surface area contributed by atoms with Gasteiger partial charge in [-0.3, -0.25) is 13.8 Å². The Morgan fingerprint density at radius 1 is 1.03 bits per heavy atom. The SMILES string of the molecule is C[C@@H](O)[C@H](NC(=O)OCc1ccccc1)C(=O)N[C@@H](CC[S@](=O)c1ccccc1)C(N)=O. The average Bonchev–Trinajstić information content (AvgIpc) is 2.79. The molecule has 0 aliphatic rings. The molecule has 10 heteroatoms. The van der Waals surface area contributed by atoms with Crippen LogP contribution in [0.15, 0.2) is 65.6 Å². The van der Waals surface area contributed by atoms with Crippen molar-refractivity contribution in [1.82, 2.24) is 10.6 Å². The van der Waals surface area contributed by atoms with Gasteiger partial charge in [-0.15, -0.1) is 0 Å². The molecule has 5 N–H and O–H groups in total. The minimum atomic E-state index is -1.38. The van der Waals surface area contributed by atoms with E-state index in [1.54, 1.807) is 54.6 Å². The van der Waals surface area contributed by atoms with Crippen LogP contribution in [0.1, 0.15) is 18.9 Å². The van der Waals surface area contributed by atoms with Crippen molar-refractivity contribution in [1.29, 1.82) is 0 Å². The third-order valence-corrected chi connectivity index (χ3v) is 5.91. The smallest absolute Gasteiger partial charge is 0.408 e. The molecule has 0 saturated heterocycles. The van der Waals surface area contributed by atoms with Gasteiger partial charge in [0.15, 0.2) is 0 Å². The minimum Gasteiger partial charge on any atom is -0.445 e. The quantitative estimate of drug-likeness (QED) is 0.390. The van der Waals surface area contributed by atoms with E-state index >= 15 is 0 Å². The Hall–Kier alpha value is -3.24. The van der Waals surface area contributed by atoms with Crippen molar-refractivity contribution in [2.75, 3.05) is 5.75 Å². The zero-order valence-electron chi connectivity index (χ0n) is 17.6. The molecule has 0 fully saturated rings. The molecule has 172 valence electrons. The standard InChI is InChI=1S/C22H27N3O6S/c1-15(26)19(25-22(29)31-14-16-8-4-2-5-9-16)21(28)24-18(20(23)27)12-13-32(30)17-10-6-3-7-11-17/h2-11,15,18-19,26H,12-14H2,1H3,(H2,23,27)(H,24,28)(H,25,29)/t15-,18+,19+,32+/m1/s1. The van der Waals surface area contributed by atoms with Crippen molar-refractivity contribution in [3.05, 3.63) is 66.2 Å². The van der Waals surface area contributed by atoms with Gasteiger partial charge in [-0.05, 0) is 31.0 Å². The van der Waals surface area contributed by atoms with Gasteiger partial charge in [0.2, 0.25) is 11.8 Å². The van der Waals surface area contributed by atoms with Crippen molar-refractivity contribution < 1.29 is 28.4 Å². The molecular formula is C22H27N3O6S. The summed E-state index contributed by atoms with van der Waals surface area (Å²) in [5.41, 5.74) is 6.12. The van der Waals surface area contributed by atoms with E-state index in [9.17, 15) is 23.7 Å². The Kier molecular flexibility index (Phi) is 9.83. The van der Waals surface area contributed by atoms with Crippen LogP contribution in [0.3, 0.4) is 0 Å². The van der Waals surface area contributed by atoms with Crippen molar-refractivity contribution in [3.8, 4) is 0 Å². The molecule has 0 bridgehead atoms. The van der Waals surface area contributed by atoms with Gasteiger partial charge in [0.05, 0.1) is 16.9 Å². The summed E-state index contributed by atoms with van der Waals surface area (Å²) < 4.78 is 17.4. The first-order valence-corrected chi connectivity index (χ1v) is 11.3. The van der Waals surface area contributed by atoms with Crippen molar-refractivity contribution in [3.63, 3.8) is 0 Å². The Balaban J connectivity index is 1.92. The molecule has 3 amide bonds. The van der Waals surface area contributed by atoms with E-state index in [2.05, 4.69) is 10.6 Å². The van der Waals surface area contributed by atoms with Gasteiger partial charge in [-0.25, -0.2) is 4.79 Å². The summed E-state index contributed by atoms with van der Waals surface area (Å²) in [5, 5.41) is 14.6. The van der Waals surface area contributed by atoms with Crippen LogP contribution in [0.4, 0.5) is 4.79 Å². The van der Waals surface area contributed by atoms with Crippen LogP contribution >= 0.6 is 0 Å². The normalized spacial score (nSPS) is 14.4. The van der Waals surface area contributed by atoms with Crippen LogP contribution < -0.4 is 16.4 Å². The van der Waals surface area contributed by atoms with Gasteiger partial charge in [0, 0.05) is 10.6 Å². The Bertz CT molecular complexity index is 924. The summed E-state index contributed by atoms with van der Waals surface area (Å²) >= 11 is 0. The van der Waals surface area contributed by atoms with Crippen LogP contribution in [-0.4, -0.2) is 51.2 Å². The maximum absolute atomic E-state index is 12.6. The number of aliphatic hydroxyl groups is 1. The first-order valence-electron chi connectivity index (χ1n) is 9.96. The van der Waals surface area contributed by atoms with Crippen LogP contribution in [0.25, 0.3) is 0 Å². The lowest BCUT2D eigenvalue weighted by Gasteiger charge is -2.23. The molecule has 2 aromatic carbocycles. The summed E-state index contributed by atoms with van der Waals surface area (Å²) in [5.74, 6) is -1.55. The molecule has 2 aromatic rings. The van der Waals surface area contributed by atoms with Gasteiger partial charge in [0.25, 0.3) is 0 Å². The number of amides is 3. The lowest BCUT2D eigenvalue weighted by Crippen LogP contribution is -2.56. The topological polar surface area (TPSA) is 148 Å². The van der Waals surface area contributed by atoms with Gasteiger partial charge in [0.1, 0.15) is 18.7 Å². The lowest BCUT2D eigenvalue weighted by molar-refractivity contribution is -0.130. The van der Waals surface area contributed by atoms with Gasteiger partial charge in [-0.2, -0.15) is 0 Å². The number of ether oxygens (including phenoxy) is 1. The van der Waals surface area contributed by atoms with E-state index < -0.39 is 46.9 Å². The monoisotopic (exact) mass is 461 g/mol. The van der Waals surface area contributed by atoms with E-state index in [0.29, 0.717) is 4.90 Å². The molecule has 0 radical (unpaired) electrons. The Labute approximate surface area is 188 Å². The number of primary amides is 1. The highest BCUT2D eigenvalue weighted by molar-refractivity contribution is 7.85. The van der Waals surface area contributed by atoms with E-state index in [1.165, 1.54) is 6.92 Å². The number of nitrogens with one attached hydrogen (secondary N) is 2. The summed E-state index contributed by atoms with van der Waals surface area (Å²) in [6, 6.07) is 15.1. The second-order valence-electron chi connectivity index (χ2n) is 7.04. The molecule has 32 heavy (non-hydrogen) atoms. The van der Waals surface area contributed by atoms with Crippen LogP contribution in [-0.2, 0) is 31.7 Å². The second-order valence-corrected chi connectivity index (χ2v) is 8.61. The molecule has 2 rings (SSSR count). The number of nitrogens with two attached hydrogens (primary N) is 1. The summed E-state index contributed by atoms with van der Waals surface area (Å²) in [7, 11) is -1.38. The highest BCUT2D eigenvalue weighted by Gasteiger charge is 2.29. The molecule has 0 heterocycles. The van der Waals surface area contributed by atoms with E-state index in [4.69, 9.17) is 10.5 Å². The van der Waals surface area contributed by atoms with Gasteiger partial charge >= 0.3 is 6.09 Å². The van der Waals surface area contributed by atoms with Gasteiger partial charge in [-0.1, -0.05) is 48.5 Å². The third-order valence-electron chi connectivity index (χ3n) is 4.51. The average molecular weight is 462 g/mol. The molecule has 0 unspecified atom stereocenters. The van der Waals surface area contributed by atoms with Crippen molar-refractivity contribution >= 4 is 28.7 Å². The summed E-state index contributed by atoms with van der Waals surface area (Å²) in [6.07, 6.45) is -2.16. The Morgan fingerprint density at radius 3 is 2.19 bits per heavy atom. The molecule has 0 aliphatic heterocycles. The van der Waals surface area contributed by atoms with Crippen LogP contribution in [0.5, 0.6) is 0 Å². The number of carbonyl (C=O) groups is 3. The number of carbonyl (C=O) groups excluding carboxylic acids is 3. The second kappa shape index (κ2) is 12.6. The van der Waals surface area contributed by atoms with E-state index in [-0.39, 0.29) is 18.8 Å². The summed E-state index contributed by atoms with van der Waals surface area (Å²) in [6.45, 7) is 1.29. The van der Waals surface area contributed by atoms with E-state index in [0.717, 1.165) is 5.56 Å².